The van der Waals surface area contributed by atoms with E-state index >= 15 is 0 Å². The van der Waals surface area contributed by atoms with Crippen molar-refractivity contribution in [3.05, 3.63) is 95.1 Å². The summed E-state index contributed by atoms with van der Waals surface area (Å²) in [5.74, 6) is 1.74. The summed E-state index contributed by atoms with van der Waals surface area (Å²) in [6.07, 6.45) is 12.4. The van der Waals surface area contributed by atoms with Gasteiger partial charge < -0.3 is 9.47 Å². The number of piperidine rings is 1. The van der Waals surface area contributed by atoms with Crippen LogP contribution in [0, 0.1) is 5.92 Å². The summed E-state index contributed by atoms with van der Waals surface area (Å²) in [4.78, 5) is 29.8. The van der Waals surface area contributed by atoms with Crippen LogP contribution in [0.15, 0.2) is 72.8 Å². The van der Waals surface area contributed by atoms with Crippen molar-refractivity contribution in [3.8, 4) is 11.5 Å². The second-order valence-corrected chi connectivity index (χ2v) is 14.8. The van der Waals surface area contributed by atoms with E-state index in [0.717, 1.165) is 70.3 Å². The van der Waals surface area contributed by atoms with Crippen LogP contribution >= 0.6 is 0 Å². The number of hydrogen-bond donors (Lipinski definition) is 0. The Balaban J connectivity index is 1.13. The molecule has 0 aromatic heterocycles. The Bertz CT molecular complexity index is 1580. The highest BCUT2D eigenvalue weighted by atomic mass is 16.6. The largest absolute Gasteiger partial charge is 0.484 e. The van der Waals surface area contributed by atoms with Gasteiger partial charge in [0.15, 0.2) is 11.5 Å². The van der Waals surface area contributed by atoms with Gasteiger partial charge in [0, 0.05) is 30.0 Å². The van der Waals surface area contributed by atoms with E-state index in [1.807, 2.05) is 6.07 Å². The van der Waals surface area contributed by atoms with Gasteiger partial charge in [-0.2, -0.15) is 0 Å². The molecular formula is C42H52N2O4. The number of unbranched alkanes of at least 4 members (excludes halogenated alkanes) is 3. The molecule has 0 amide bonds. The van der Waals surface area contributed by atoms with Crippen molar-refractivity contribution in [2.75, 3.05) is 26.2 Å². The number of nitrogens with zero attached hydrogens (tertiary/aromatic N) is 2. The molecule has 0 N–H and O–H groups in total. The van der Waals surface area contributed by atoms with Gasteiger partial charge in [0.1, 0.15) is 11.9 Å². The Morgan fingerprint density at radius 3 is 2.25 bits per heavy atom. The molecule has 3 aromatic rings. The van der Waals surface area contributed by atoms with Gasteiger partial charge in [-0.1, -0.05) is 79.6 Å². The number of ether oxygens (including phenoxy) is 2. The van der Waals surface area contributed by atoms with E-state index in [0.29, 0.717) is 30.3 Å². The Labute approximate surface area is 286 Å². The molecule has 1 saturated heterocycles. The van der Waals surface area contributed by atoms with E-state index in [4.69, 9.17) is 9.47 Å². The monoisotopic (exact) mass is 648 g/mol. The average Bonchev–Trinajstić information content (AvgIpc) is 3.43. The van der Waals surface area contributed by atoms with Crippen LogP contribution in [0.4, 0.5) is 0 Å². The molecule has 4 aliphatic rings. The van der Waals surface area contributed by atoms with E-state index in [1.165, 1.54) is 54.9 Å². The summed E-state index contributed by atoms with van der Waals surface area (Å²) in [5.41, 5.74) is 5.33. The van der Waals surface area contributed by atoms with E-state index in [9.17, 15) is 9.59 Å². The average molecular weight is 649 g/mol. The maximum atomic E-state index is 12.4. The van der Waals surface area contributed by atoms with Gasteiger partial charge in [0.05, 0.1) is 6.54 Å². The Hall–Kier alpha value is -3.48. The number of carbonyl (C=O) groups excluding carboxylic acids is 2. The second-order valence-electron chi connectivity index (χ2n) is 14.8. The molecule has 6 nitrogen and oxygen atoms in total. The van der Waals surface area contributed by atoms with Crippen LogP contribution < -0.4 is 9.47 Å². The lowest BCUT2D eigenvalue weighted by Crippen LogP contribution is -2.69. The predicted molar refractivity (Wildman–Crippen MR) is 190 cm³/mol. The van der Waals surface area contributed by atoms with Crippen molar-refractivity contribution >= 4 is 11.8 Å². The normalized spacial score (nSPS) is 25.4. The first-order valence-corrected chi connectivity index (χ1v) is 18.5. The van der Waals surface area contributed by atoms with Crippen molar-refractivity contribution < 1.29 is 19.1 Å². The number of aryl methyl sites for hydroxylation is 2. The van der Waals surface area contributed by atoms with Gasteiger partial charge >= 0.3 is 5.97 Å². The number of Topliss-reactive ketones (excluding diaryl/α,β-unsaturated/α-hetero) is 1. The molecule has 1 saturated carbocycles. The van der Waals surface area contributed by atoms with E-state index < -0.39 is 0 Å². The maximum absolute atomic E-state index is 12.4. The standard InChI is InChI=1S/C42H52N2O4/c1-30(45)29-44-27-24-42-35-21-22-36(41(42)48-40-38(47-31(2)46)23-20-34(39(40)42)28-37(35)44)43(26-13-19-33-17-10-6-11-18-33)25-12-4-3-7-14-32-15-8-5-9-16-32/h5-6,8-11,15-18,20,23,35-37,41H,3-4,7,12-14,19,21-22,24-29H2,1-2H3/t35-,36-,37+,41-,42-/m0/s1. The molecule has 2 heterocycles. The molecule has 3 aromatic carbocycles. The smallest absolute Gasteiger partial charge is 0.308 e. The number of likely N-dealkylation sites (tertiary alicyclic amines) is 1. The second kappa shape index (κ2) is 14.6. The number of benzene rings is 3. The quantitative estimate of drug-likeness (QED) is 0.0977. The van der Waals surface area contributed by atoms with Gasteiger partial charge in [-0.05, 0) is 113 Å². The minimum absolute atomic E-state index is 0.0128. The third kappa shape index (κ3) is 6.58. The molecule has 7 rings (SSSR count). The van der Waals surface area contributed by atoms with Crippen molar-refractivity contribution in [1.82, 2.24) is 9.80 Å². The molecule has 254 valence electrons. The molecule has 0 radical (unpaired) electrons. The number of rotatable bonds is 15. The Morgan fingerprint density at radius 1 is 0.854 bits per heavy atom. The van der Waals surface area contributed by atoms with Gasteiger partial charge in [0.2, 0.25) is 0 Å². The third-order valence-electron chi connectivity index (χ3n) is 11.8. The summed E-state index contributed by atoms with van der Waals surface area (Å²) in [5, 5.41) is 0. The molecule has 2 aliphatic heterocycles. The van der Waals surface area contributed by atoms with Crippen LogP contribution in [0.25, 0.3) is 0 Å². The zero-order chi connectivity index (χ0) is 33.1. The van der Waals surface area contributed by atoms with Gasteiger partial charge in [-0.25, -0.2) is 0 Å². The maximum Gasteiger partial charge on any atom is 0.308 e. The Kier molecular flexibility index (Phi) is 10.0. The van der Waals surface area contributed by atoms with E-state index in [2.05, 4.69) is 76.5 Å². The fraction of sp³-hybridized carbons (Fsp3) is 0.524. The topological polar surface area (TPSA) is 59.1 Å². The molecule has 2 fully saturated rings. The highest BCUT2D eigenvalue weighted by molar-refractivity contribution is 5.78. The minimum atomic E-state index is -0.310. The van der Waals surface area contributed by atoms with E-state index in [-0.39, 0.29) is 23.3 Å². The lowest BCUT2D eigenvalue weighted by atomic mass is 9.51. The fourth-order valence-corrected chi connectivity index (χ4v) is 9.90. The minimum Gasteiger partial charge on any atom is -0.484 e. The van der Waals surface area contributed by atoms with Crippen molar-refractivity contribution in [1.29, 1.82) is 0 Å². The van der Waals surface area contributed by atoms with Crippen LogP contribution in [0.2, 0.25) is 0 Å². The van der Waals surface area contributed by atoms with Crippen LogP contribution in [0.5, 0.6) is 11.5 Å². The van der Waals surface area contributed by atoms with Crippen LogP contribution in [0.3, 0.4) is 0 Å². The highest BCUT2D eigenvalue weighted by Crippen LogP contribution is 2.64. The summed E-state index contributed by atoms with van der Waals surface area (Å²) in [7, 11) is 0. The predicted octanol–water partition coefficient (Wildman–Crippen LogP) is 7.35. The number of hydrogen-bond acceptors (Lipinski definition) is 6. The summed E-state index contributed by atoms with van der Waals surface area (Å²) < 4.78 is 13.0. The highest BCUT2D eigenvalue weighted by Gasteiger charge is 2.66. The number of esters is 1. The zero-order valence-electron chi connectivity index (χ0n) is 28.9. The zero-order valence-corrected chi connectivity index (χ0v) is 28.9. The molecule has 1 spiro atoms. The van der Waals surface area contributed by atoms with Gasteiger partial charge in [-0.15, -0.1) is 0 Å². The van der Waals surface area contributed by atoms with Crippen molar-refractivity contribution in [3.63, 3.8) is 0 Å². The van der Waals surface area contributed by atoms with Gasteiger partial charge in [-0.3, -0.25) is 19.4 Å². The first-order chi connectivity index (χ1) is 23.4. The lowest BCUT2D eigenvalue weighted by Gasteiger charge is -2.60. The molecule has 48 heavy (non-hydrogen) atoms. The summed E-state index contributed by atoms with van der Waals surface area (Å²) in [6, 6.07) is 26.5. The first kappa shape index (κ1) is 33.0. The van der Waals surface area contributed by atoms with Crippen molar-refractivity contribution in [2.24, 2.45) is 5.92 Å². The SMILES string of the molecule is CC(=O)CN1CC[C@]23c4c5ccc(OC(C)=O)c4O[C@H]2[C@@H](N(CCCCCCc2ccccc2)CCCc2ccccc2)CC[C@H]3[C@H]1C5. The molecule has 2 aliphatic carbocycles. The number of ketones is 1. The molecule has 0 unspecified atom stereocenters. The first-order valence-electron chi connectivity index (χ1n) is 18.5. The molecule has 5 atom stereocenters. The van der Waals surface area contributed by atoms with Crippen LogP contribution in [-0.2, 0) is 34.3 Å². The van der Waals surface area contributed by atoms with E-state index in [1.54, 1.807) is 6.92 Å². The van der Waals surface area contributed by atoms with Crippen molar-refractivity contribution in [2.45, 2.75) is 108 Å². The molecule has 2 bridgehead atoms. The third-order valence-corrected chi connectivity index (χ3v) is 11.8. The van der Waals surface area contributed by atoms with Crippen LogP contribution in [-0.4, -0.2) is 65.9 Å². The number of carbonyl (C=O) groups is 2. The Morgan fingerprint density at radius 2 is 1.54 bits per heavy atom. The fourth-order valence-electron chi connectivity index (χ4n) is 9.90. The summed E-state index contributed by atoms with van der Waals surface area (Å²) >= 11 is 0. The molecular weight excluding hydrogens is 596 g/mol. The molecule has 6 heteroatoms. The van der Waals surface area contributed by atoms with Gasteiger partial charge in [0.25, 0.3) is 0 Å². The van der Waals surface area contributed by atoms with Crippen LogP contribution in [0.1, 0.15) is 87.5 Å². The summed E-state index contributed by atoms with van der Waals surface area (Å²) in [6.45, 7) is 6.74. The lowest BCUT2D eigenvalue weighted by molar-refractivity contribution is -0.132.